The topological polar surface area (TPSA) is 48.1 Å². The van der Waals surface area contributed by atoms with E-state index in [9.17, 15) is 4.79 Å². The van der Waals surface area contributed by atoms with Crippen molar-refractivity contribution >= 4 is 5.91 Å². The molecule has 2 rings (SSSR count). The average molecular weight is 235 g/mol. The highest BCUT2D eigenvalue weighted by atomic mass is 16.2. The molecular formula is C13H21N3O. The van der Waals surface area contributed by atoms with Gasteiger partial charge in [0.2, 0.25) is 5.91 Å². The predicted octanol–water partition coefficient (Wildman–Crippen LogP) is 1.36. The van der Waals surface area contributed by atoms with Gasteiger partial charge in [0, 0.05) is 25.4 Å². The summed E-state index contributed by atoms with van der Waals surface area (Å²) in [7, 11) is 1.87. The number of carbonyl (C=O) groups excluding carboxylic acids is 1. The van der Waals surface area contributed by atoms with E-state index in [2.05, 4.69) is 10.3 Å². The fourth-order valence-corrected chi connectivity index (χ4v) is 2.31. The number of aromatic amines is 1. The lowest BCUT2D eigenvalue weighted by atomic mass is 9.96. The fraction of sp³-hybridized carbons (Fsp3) is 0.615. The molecule has 1 unspecified atom stereocenters. The monoisotopic (exact) mass is 235 g/mol. The minimum absolute atomic E-state index is 0.244. The molecule has 0 bridgehead atoms. The van der Waals surface area contributed by atoms with Gasteiger partial charge in [0.25, 0.3) is 0 Å². The number of nitrogens with zero attached hydrogens (tertiary/aromatic N) is 1. The largest absolute Gasteiger partial charge is 0.364 e. The molecule has 1 aromatic rings. The molecule has 4 nitrogen and oxygen atoms in total. The van der Waals surface area contributed by atoms with Gasteiger partial charge in [-0.1, -0.05) is 0 Å². The van der Waals surface area contributed by atoms with Crippen molar-refractivity contribution in [2.24, 2.45) is 5.92 Å². The second-order valence-corrected chi connectivity index (χ2v) is 4.86. The maximum Gasteiger partial charge on any atom is 0.222 e. The second-order valence-electron chi connectivity index (χ2n) is 4.86. The van der Waals surface area contributed by atoms with Gasteiger partial charge in [0.1, 0.15) is 0 Å². The van der Waals surface area contributed by atoms with Crippen LogP contribution in [-0.2, 0) is 11.3 Å². The molecule has 1 aliphatic rings. The van der Waals surface area contributed by atoms with Gasteiger partial charge >= 0.3 is 0 Å². The van der Waals surface area contributed by atoms with Crippen molar-refractivity contribution in [3.05, 3.63) is 24.0 Å². The molecule has 1 fully saturated rings. The van der Waals surface area contributed by atoms with E-state index in [-0.39, 0.29) is 5.91 Å². The van der Waals surface area contributed by atoms with Gasteiger partial charge in [-0.15, -0.1) is 0 Å². The minimum atomic E-state index is 0.244. The molecule has 1 aliphatic heterocycles. The summed E-state index contributed by atoms with van der Waals surface area (Å²) in [5.74, 6) is 0.760. The molecule has 0 aromatic carbocycles. The van der Waals surface area contributed by atoms with E-state index < -0.39 is 0 Å². The van der Waals surface area contributed by atoms with Crippen LogP contribution in [0.2, 0.25) is 0 Å². The molecule has 0 aliphatic carbocycles. The van der Waals surface area contributed by atoms with Gasteiger partial charge in [-0.3, -0.25) is 4.79 Å². The highest BCUT2D eigenvalue weighted by Crippen LogP contribution is 2.15. The first-order valence-corrected chi connectivity index (χ1v) is 6.32. The maximum absolute atomic E-state index is 12.0. The molecule has 0 radical (unpaired) electrons. The third-order valence-corrected chi connectivity index (χ3v) is 3.36. The normalized spacial score (nSPS) is 20.2. The van der Waals surface area contributed by atoms with Crippen LogP contribution < -0.4 is 5.32 Å². The Balaban J connectivity index is 1.78. The Labute approximate surface area is 102 Å². The van der Waals surface area contributed by atoms with Crippen LogP contribution in [0.1, 0.15) is 25.0 Å². The summed E-state index contributed by atoms with van der Waals surface area (Å²) in [6.45, 7) is 2.76. The van der Waals surface area contributed by atoms with Crippen LogP contribution in [0.3, 0.4) is 0 Å². The smallest absolute Gasteiger partial charge is 0.222 e. The Kier molecular flexibility index (Phi) is 4.20. The first-order valence-electron chi connectivity index (χ1n) is 6.32. The summed E-state index contributed by atoms with van der Waals surface area (Å²) in [6.07, 6.45) is 4.93. The van der Waals surface area contributed by atoms with Crippen LogP contribution in [0.25, 0.3) is 0 Å². The van der Waals surface area contributed by atoms with Crippen LogP contribution in [-0.4, -0.2) is 35.9 Å². The van der Waals surface area contributed by atoms with E-state index in [0.29, 0.717) is 18.9 Å². The SMILES string of the molecule is CN(Cc1ccc[nH]1)C(=O)CC1CCCNC1. The summed E-state index contributed by atoms with van der Waals surface area (Å²) in [6, 6.07) is 3.96. The Bertz CT molecular complexity index is 342. The summed E-state index contributed by atoms with van der Waals surface area (Å²) < 4.78 is 0. The second kappa shape index (κ2) is 5.87. The molecule has 1 saturated heterocycles. The molecular weight excluding hydrogens is 214 g/mol. The first kappa shape index (κ1) is 12.2. The number of rotatable bonds is 4. The molecule has 0 saturated carbocycles. The summed E-state index contributed by atoms with van der Waals surface area (Å²) in [4.78, 5) is 16.9. The van der Waals surface area contributed by atoms with Crippen molar-refractivity contribution in [2.45, 2.75) is 25.8 Å². The molecule has 94 valence electrons. The molecule has 17 heavy (non-hydrogen) atoms. The number of nitrogens with one attached hydrogen (secondary N) is 2. The molecule has 1 amide bonds. The summed E-state index contributed by atoms with van der Waals surface area (Å²) in [5.41, 5.74) is 1.09. The van der Waals surface area contributed by atoms with E-state index >= 15 is 0 Å². The van der Waals surface area contributed by atoms with Crippen molar-refractivity contribution in [2.75, 3.05) is 20.1 Å². The summed E-state index contributed by atoms with van der Waals surface area (Å²) in [5, 5.41) is 3.35. The zero-order chi connectivity index (χ0) is 12.1. The molecule has 0 spiro atoms. The van der Waals surface area contributed by atoms with Gasteiger partial charge in [0.05, 0.1) is 6.54 Å². The maximum atomic E-state index is 12.0. The standard InChI is InChI=1S/C13H21N3O/c1-16(10-12-5-3-7-15-12)13(17)8-11-4-2-6-14-9-11/h3,5,7,11,14-15H,2,4,6,8-10H2,1H3. The lowest BCUT2D eigenvalue weighted by Crippen LogP contribution is -2.34. The van der Waals surface area contributed by atoms with Crippen LogP contribution >= 0.6 is 0 Å². The third-order valence-electron chi connectivity index (χ3n) is 3.36. The van der Waals surface area contributed by atoms with Gasteiger partial charge < -0.3 is 15.2 Å². The number of carbonyl (C=O) groups is 1. The quantitative estimate of drug-likeness (QED) is 0.828. The van der Waals surface area contributed by atoms with Crippen molar-refractivity contribution in [1.29, 1.82) is 0 Å². The predicted molar refractivity (Wildman–Crippen MR) is 67.5 cm³/mol. The van der Waals surface area contributed by atoms with Gasteiger partial charge in [0.15, 0.2) is 0 Å². The number of aromatic nitrogens is 1. The molecule has 1 aromatic heterocycles. The van der Waals surface area contributed by atoms with Gasteiger partial charge in [-0.25, -0.2) is 0 Å². The van der Waals surface area contributed by atoms with Crippen molar-refractivity contribution in [3.8, 4) is 0 Å². The van der Waals surface area contributed by atoms with Gasteiger partial charge in [-0.05, 0) is 44.0 Å². The number of amides is 1. The van der Waals surface area contributed by atoms with Crippen molar-refractivity contribution in [1.82, 2.24) is 15.2 Å². The Morgan fingerprint density at radius 3 is 3.12 bits per heavy atom. The lowest BCUT2D eigenvalue weighted by Gasteiger charge is -2.24. The van der Waals surface area contributed by atoms with Crippen LogP contribution in [0.15, 0.2) is 18.3 Å². The molecule has 2 heterocycles. The number of piperidine rings is 1. The van der Waals surface area contributed by atoms with E-state index in [1.54, 1.807) is 4.90 Å². The van der Waals surface area contributed by atoms with E-state index in [0.717, 1.165) is 18.8 Å². The zero-order valence-corrected chi connectivity index (χ0v) is 10.4. The summed E-state index contributed by atoms with van der Waals surface area (Å²) >= 11 is 0. The van der Waals surface area contributed by atoms with Gasteiger partial charge in [-0.2, -0.15) is 0 Å². The van der Waals surface area contributed by atoms with E-state index in [1.807, 2.05) is 25.4 Å². The number of H-pyrrole nitrogens is 1. The van der Waals surface area contributed by atoms with Crippen LogP contribution in [0.5, 0.6) is 0 Å². The Hall–Kier alpha value is -1.29. The fourth-order valence-electron chi connectivity index (χ4n) is 2.31. The molecule has 1 atom stereocenters. The van der Waals surface area contributed by atoms with Crippen molar-refractivity contribution in [3.63, 3.8) is 0 Å². The molecule has 4 heteroatoms. The van der Waals surface area contributed by atoms with Crippen LogP contribution in [0, 0.1) is 5.92 Å². The minimum Gasteiger partial charge on any atom is -0.364 e. The highest BCUT2D eigenvalue weighted by molar-refractivity contribution is 5.76. The first-order chi connectivity index (χ1) is 8.25. The van der Waals surface area contributed by atoms with E-state index in [4.69, 9.17) is 0 Å². The number of hydrogen-bond donors (Lipinski definition) is 2. The Morgan fingerprint density at radius 2 is 2.47 bits per heavy atom. The Morgan fingerprint density at radius 1 is 1.59 bits per heavy atom. The van der Waals surface area contributed by atoms with Crippen LogP contribution in [0.4, 0.5) is 0 Å². The number of hydrogen-bond acceptors (Lipinski definition) is 2. The third kappa shape index (κ3) is 3.60. The zero-order valence-electron chi connectivity index (χ0n) is 10.4. The average Bonchev–Trinajstić information content (AvgIpc) is 2.83. The lowest BCUT2D eigenvalue weighted by molar-refractivity contribution is -0.131. The highest BCUT2D eigenvalue weighted by Gasteiger charge is 2.19. The van der Waals surface area contributed by atoms with Crippen molar-refractivity contribution < 1.29 is 4.79 Å². The van der Waals surface area contributed by atoms with E-state index in [1.165, 1.54) is 12.8 Å². The molecule has 2 N–H and O–H groups in total.